The molecule has 0 atom stereocenters. The molecule has 0 spiro atoms. The van der Waals surface area contributed by atoms with E-state index in [9.17, 15) is 19.2 Å². The second kappa shape index (κ2) is 6.26. The van der Waals surface area contributed by atoms with Crippen molar-refractivity contribution in [3.63, 3.8) is 0 Å². The van der Waals surface area contributed by atoms with Gasteiger partial charge in [0.05, 0.1) is 0 Å². The second-order valence-electron chi connectivity index (χ2n) is 6.61. The van der Waals surface area contributed by atoms with Crippen LogP contribution < -0.4 is 5.46 Å². The maximum Gasteiger partial charge on any atom is 0.488 e. The molecule has 5 nitrogen and oxygen atoms in total. The lowest BCUT2D eigenvalue weighted by Gasteiger charge is -2.27. The molecule has 0 aromatic heterocycles. The summed E-state index contributed by atoms with van der Waals surface area (Å²) in [6, 6.07) is 3.92. The molecule has 0 heterocycles. The van der Waals surface area contributed by atoms with Crippen molar-refractivity contribution in [3.05, 3.63) is 29.6 Å². The number of carbonyl (C=O) groups excluding carboxylic acids is 1. The predicted molar refractivity (Wildman–Crippen MR) is 81.0 cm³/mol. The first-order valence-corrected chi connectivity index (χ1v) is 7.31. The summed E-state index contributed by atoms with van der Waals surface area (Å²) in [7, 11) is -1.75. The van der Waals surface area contributed by atoms with Crippen molar-refractivity contribution >= 4 is 18.7 Å². The van der Waals surface area contributed by atoms with Gasteiger partial charge in [0.1, 0.15) is 11.4 Å². The minimum absolute atomic E-state index is 0.0648. The van der Waals surface area contributed by atoms with Gasteiger partial charge in [-0.05, 0) is 56.8 Å². The van der Waals surface area contributed by atoms with Crippen molar-refractivity contribution in [1.82, 2.24) is 4.90 Å². The van der Waals surface area contributed by atoms with Crippen molar-refractivity contribution in [2.75, 3.05) is 0 Å². The summed E-state index contributed by atoms with van der Waals surface area (Å²) in [6.07, 6.45) is 1.35. The first-order valence-electron chi connectivity index (χ1n) is 7.31. The molecule has 1 aliphatic rings. The van der Waals surface area contributed by atoms with Gasteiger partial charge in [-0.15, -0.1) is 0 Å². The van der Waals surface area contributed by atoms with E-state index in [4.69, 9.17) is 4.74 Å². The zero-order valence-electron chi connectivity index (χ0n) is 13.0. The number of ether oxygens (including phenoxy) is 1. The number of nitrogens with zero attached hydrogens (tertiary/aromatic N) is 1. The normalized spacial score (nSPS) is 14.6. The first kappa shape index (κ1) is 16.8. The summed E-state index contributed by atoms with van der Waals surface area (Å²) in [6.45, 7) is 5.55. The maximum absolute atomic E-state index is 13.6. The summed E-state index contributed by atoms with van der Waals surface area (Å²) in [5.41, 5.74) is -0.0330. The SMILES string of the molecule is CC(C)(C)OC(=O)N(Cc1cc(F)cc(B(O)O)c1)C1CC1. The minimum atomic E-state index is -1.75. The van der Waals surface area contributed by atoms with Gasteiger partial charge in [0.15, 0.2) is 0 Å². The molecule has 7 heteroatoms. The Bertz CT molecular complexity index is 555. The zero-order valence-corrected chi connectivity index (χ0v) is 13.0. The number of benzene rings is 1. The molecule has 0 radical (unpaired) electrons. The first-order chi connectivity index (χ1) is 10.2. The molecule has 1 aromatic carbocycles. The van der Waals surface area contributed by atoms with Crippen LogP contribution >= 0.6 is 0 Å². The lowest BCUT2D eigenvalue weighted by Crippen LogP contribution is -2.38. The molecule has 0 bridgehead atoms. The van der Waals surface area contributed by atoms with Crippen molar-refractivity contribution in [2.24, 2.45) is 0 Å². The van der Waals surface area contributed by atoms with E-state index in [2.05, 4.69) is 0 Å². The van der Waals surface area contributed by atoms with Crippen LogP contribution in [0, 0.1) is 5.82 Å². The number of amides is 1. The van der Waals surface area contributed by atoms with Gasteiger partial charge in [-0.3, -0.25) is 0 Å². The smallest absolute Gasteiger partial charge is 0.444 e. The average Bonchev–Trinajstić information content (AvgIpc) is 3.17. The van der Waals surface area contributed by atoms with Crippen molar-refractivity contribution < 1.29 is 24.0 Å². The van der Waals surface area contributed by atoms with Crippen LogP contribution in [0.1, 0.15) is 39.2 Å². The Hall–Kier alpha value is -1.60. The summed E-state index contributed by atoms with van der Waals surface area (Å²) in [5.74, 6) is -0.569. The third kappa shape index (κ3) is 4.71. The molecule has 0 aliphatic heterocycles. The Morgan fingerprint density at radius 3 is 2.50 bits per heavy atom. The van der Waals surface area contributed by atoms with Crippen molar-refractivity contribution in [3.8, 4) is 0 Å². The quantitative estimate of drug-likeness (QED) is 0.825. The fraction of sp³-hybridized carbons (Fsp3) is 0.533. The molecular formula is C15H21BFNO4. The summed E-state index contributed by atoms with van der Waals surface area (Å²) in [5, 5.41) is 18.3. The molecule has 1 aliphatic carbocycles. The predicted octanol–water partition coefficient (Wildman–Crippen LogP) is 1.40. The van der Waals surface area contributed by atoms with Crippen LogP contribution in [0.5, 0.6) is 0 Å². The van der Waals surface area contributed by atoms with E-state index in [-0.39, 0.29) is 18.0 Å². The Kier molecular flexibility index (Phi) is 4.77. The van der Waals surface area contributed by atoms with E-state index >= 15 is 0 Å². The van der Waals surface area contributed by atoms with Gasteiger partial charge in [-0.2, -0.15) is 0 Å². The zero-order chi connectivity index (χ0) is 16.5. The lowest BCUT2D eigenvalue weighted by molar-refractivity contribution is 0.0216. The monoisotopic (exact) mass is 309 g/mol. The standard InChI is InChI=1S/C15H21BFNO4/c1-15(2,3)22-14(19)18(13-4-5-13)9-10-6-11(16(20)21)8-12(17)7-10/h6-8,13,20-21H,4-5,9H2,1-3H3. The van der Waals surface area contributed by atoms with E-state index in [1.807, 2.05) is 0 Å². The van der Waals surface area contributed by atoms with Crippen LogP contribution in [-0.4, -0.2) is 39.8 Å². The fourth-order valence-corrected chi connectivity index (χ4v) is 2.16. The third-order valence-electron chi connectivity index (χ3n) is 3.25. The molecule has 2 N–H and O–H groups in total. The molecule has 1 saturated carbocycles. The topological polar surface area (TPSA) is 70.0 Å². The molecule has 0 saturated heterocycles. The molecule has 0 unspecified atom stereocenters. The van der Waals surface area contributed by atoms with Gasteiger partial charge in [0.25, 0.3) is 0 Å². The van der Waals surface area contributed by atoms with E-state index in [0.717, 1.165) is 18.9 Å². The molecule has 1 fully saturated rings. The maximum atomic E-state index is 13.6. The highest BCUT2D eigenvalue weighted by Gasteiger charge is 2.35. The Labute approximate surface area is 129 Å². The number of carbonyl (C=O) groups is 1. The third-order valence-corrected chi connectivity index (χ3v) is 3.25. The Balaban J connectivity index is 2.16. The van der Waals surface area contributed by atoms with E-state index in [0.29, 0.717) is 5.56 Å². The lowest BCUT2D eigenvalue weighted by atomic mass is 9.79. The van der Waals surface area contributed by atoms with Crippen molar-refractivity contribution in [2.45, 2.75) is 51.8 Å². The Morgan fingerprint density at radius 1 is 1.36 bits per heavy atom. The molecule has 1 amide bonds. The molecule has 120 valence electrons. The van der Waals surface area contributed by atoms with Crippen LogP contribution in [0.2, 0.25) is 0 Å². The summed E-state index contributed by atoms with van der Waals surface area (Å²) in [4.78, 5) is 13.8. The Morgan fingerprint density at radius 2 is 2.00 bits per heavy atom. The van der Waals surface area contributed by atoms with E-state index in [1.165, 1.54) is 12.1 Å². The highest BCUT2D eigenvalue weighted by Crippen LogP contribution is 2.30. The van der Waals surface area contributed by atoms with Crippen molar-refractivity contribution in [1.29, 1.82) is 0 Å². The number of rotatable bonds is 4. The highest BCUT2D eigenvalue weighted by molar-refractivity contribution is 6.58. The van der Waals surface area contributed by atoms with Gasteiger partial charge < -0.3 is 19.7 Å². The number of hydrogen-bond acceptors (Lipinski definition) is 4. The summed E-state index contributed by atoms with van der Waals surface area (Å²) < 4.78 is 18.9. The highest BCUT2D eigenvalue weighted by atomic mass is 19.1. The van der Waals surface area contributed by atoms with Crippen LogP contribution in [-0.2, 0) is 11.3 Å². The average molecular weight is 309 g/mol. The van der Waals surface area contributed by atoms with Crippen LogP contribution in [0.4, 0.5) is 9.18 Å². The molecule has 1 aromatic rings. The molecular weight excluding hydrogens is 288 g/mol. The van der Waals surface area contributed by atoms with Gasteiger partial charge in [-0.1, -0.05) is 6.07 Å². The fourth-order valence-electron chi connectivity index (χ4n) is 2.16. The molecule has 2 rings (SSSR count). The van der Waals surface area contributed by atoms with Gasteiger partial charge in [-0.25, -0.2) is 9.18 Å². The van der Waals surface area contributed by atoms with Crippen LogP contribution in [0.3, 0.4) is 0 Å². The van der Waals surface area contributed by atoms with Gasteiger partial charge >= 0.3 is 13.2 Å². The number of hydrogen-bond donors (Lipinski definition) is 2. The summed E-state index contributed by atoms with van der Waals surface area (Å²) >= 11 is 0. The van der Waals surface area contributed by atoms with Crippen LogP contribution in [0.25, 0.3) is 0 Å². The minimum Gasteiger partial charge on any atom is -0.444 e. The number of halogens is 1. The molecule has 22 heavy (non-hydrogen) atoms. The largest absolute Gasteiger partial charge is 0.488 e. The van der Waals surface area contributed by atoms with Gasteiger partial charge in [0.2, 0.25) is 0 Å². The van der Waals surface area contributed by atoms with Gasteiger partial charge in [0, 0.05) is 12.6 Å². The van der Waals surface area contributed by atoms with E-state index in [1.54, 1.807) is 25.7 Å². The second-order valence-corrected chi connectivity index (χ2v) is 6.61. The van der Waals surface area contributed by atoms with Crippen LogP contribution in [0.15, 0.2) is 18.2 Å². The van der Waals surface area contributed by atoms with E-state index < -0.39 is 24.6 Å².